The zero-order valence-electron chi connectivity index (χ0n) is 7.22. The molecule has 0 radical (unpaired) electrons. The molecule has 0 aliphatic carbocycles. The molecule has 0 bridgehead atoms. The van der Waals surface area contributed by atoms with Crippen LogP contribution in [0.25, 0.3) is 0 Å². The molecular formula is C8H18S2. The molecule has 1 unspecified atom stereocenters. The van der Waals surface area contributed by atoms with E-state index < -0.39 is 0 Å². The Kier molecular flexibility index (Phi) is 8.35. The van der Waals surface area contributed by atoms with Crippen LogP contribution in [0.4, 0.5) is 0 Å². The van der Waals surface area contributed by atoms with Crippen molar-refractivity contribution in [2.24, 2.45) is 5.92 Å². The molecule has 0 fully saturated rings. The van der Waals surface area contributed by atoms with Crippen molar-refractivity contribution in [2.75, 3.05) is 16.6 Å². The van der Waals surface area contributed by atoms with E-state index in [9.17, 15) is 0 Å². The summed E-state index contributed by atoms with van der Waals surface area (Å²) in [6.45, 7) is 6.80. The van der Waals surface area contributed by atoms with E-state index >= 15 is 0 Å². The van der Waals surface area contributed by atoms with Gasteiger partial charge in [-0.1, -0.05) is 27.2 Å². The zero-order chi connectivity index (χ0) is 7.82. The summed E-state index contributed by atoms with van der Waals surface area (Å²) < 4.78 is 0. The first-order chi connectivity index (χ1) is 4.81. The number of hydrogen-bond donors (Lipinski definition) is 0. The fourth-order valence-corrected chi connectivity index (χ4v) is 2.67. The Morgan fingerprint density at radius 1 is 1.20 bits per heavy atom. The normalized spacial score (nSPS) is 13.5. The Bertz CT molecular complexity index is 64.3. The summed E-state index contributed by atoms with van der Waals surface area (Å²) in [5.74, 6) is 3.50. The highest BCUT2D eigenvalue weighted by Crippen LogP contribution is 2.16. The molecule has 0 aliphatic rings. The van der Waals surface area contributed by atoms with E-state index in [4.69, 9.17) is 0 Å². The summed E-state index contributed by atoms with van der Waals surface area (Å²) in [6.07, 6.45) is 1.32. The summed E-state index contributed by atoms with van der Waals surface area (Å²) in [4.78, 5) is 0. The Balaban J connectivity index is 2.89. The second kappa shape index (κ2) is 7.80. The van der Waals surface area contributed by atoms with Gasteiger partial charge in [0.05, 0.1) is 0 Å². The van der Waals surface area contributed by atoms with Crippen LogP contribution in [-0.2, 0) is 0 Å². The van der Waals surface area contributed by atoms with Gasteiger partial charge in [-0.3, -0.25) is 0 Å². The van der Waals surface area contributed by atoms with E-state index in [1.807, 2.05) is 11.8 Å². The van der Waals surface area contributed by atoms with Gasteiger partial charge < -0.3 is 0 Å². The van der Waals surface area contributed by atoms with Gasteiger partial charge in [-0.15, -0.1) is 0 Å². The lowest BCUT2D eigenvalue weighted by atomic mass is 10.2. The van der Waals surface area contributed by atoms with E-state index in [1.165, 1.54) is 23.0 Å². The minimum absolute atomic E-state index is 0.905. The topological polar surface area (TPSA) is 0 Å². The third-order valence-corrected chi connectivity index (χ3v) is 4.02. The van der Waals surface area contributed by atoms with Gasteiger partial charge in [0.2, 0.25) is 0 Å². The van der Waals surface area contributed by atoms with Gasteiger partial charge in [0, 0.05) is 5.08 Å². The standard InChI is InChI=1S/C8H18S2/c1-4-8(3)6-10-7-9-5-2/h8H,4-7H2,1-3H3. The summed E-state index contributed by atoms with van der Waals surface area (Å²) >= 11 is 4.10. The molecule has 0 aliphatic heterocycles. The maximum Gasteiger partial charge on any atom is 0.0392 e. The van der Waals surface area contributed by atoms with E-state index in [0.29, 0.717) is 0 Å². The molecule has 1 atom stereocenters. The molecule has 0 rings (SSSR count). The molecule has 0 saturated heterocycles. The molecular weight excluding hydrogens is 160 g/mol. The highest BCUT2D eigenvalue weighted by molar-refractivity contribution is 8.15. The predicted octanol–water partition coefficient (Wildman–Crippen LogP) is 3.48. The average Bonchev–Trinajstić information content (AvgIpc) is 1.98. The molecule has 0 aromatic carbocycles. The largest absolute Gasteiger partial charge is 0.151 e. The number of hydrogen-bond acceptors (Lipinski definition) is 2. The van der Waals surface area contributed by atoms with Crippen molar-refractivity contribution in [2.45, 2.75) is 27.2 Å². The van der Waals surface area contributed by atoms with Crippen LogP contribution in [0, 0.1) is 5.92 Å². The van der Waals surface area contributed by atoms with Gasteiger partial charge in [0.1, 0.15) is 0 Å². The van der Waals surface area contributed by atoms with Crippen LogP contribution < -0.4 is 0 Å². The van der Waals surface area contributed by atoms with Gasteiger partial charge in [-0.2, -0.15) is 23.5 Å². The molecule has 62 valence electrons. The van der Waals surface area contributed by atoms with Crippen LogP contribution in [0.3, 0.4) is 0 Å². The molecule has 0 saturated carbocycles. The van der Waals surface area contributed by atoms with Crippen molar-refractivity contribution in [3.8, 4) is 0 Å². The fourth-order valence-electron chi connectivity index (χ4n) is 0.509. The second-order valence-corrected chi connectivity index (χ2v) is 5.16. The van der Waals surface area contributed by atoms with Crippen LogP contribution in [0.1, 0.15) is 27.2 Å². The summed E-state index contributed by atoms with van der Waals surface area (Å²) in [6, 6.07) is 0. The lowest BCUT2D eigenvalue weighted by Gasteiger charge is -2.05. The van der Waals surface area contributed by atoms with Crippen molar-refractivity contribution in [3.63, 3.8) is 0 Å². The number of rotatable bonds is 6. The Labute approximate surface area is 73.5 Å². The lowest BCUT2D eigenvalue weighted by molar-refractivity contribution is 0.637. The molecule has 0 spiro atoms. The van der Waals surface area contributed by atoms with Crippen LogP contribution >= 0.6 is 23.5 Å². The molecule has 0 nitrogen and oxygen atoms in total. The molecule has 0 aromatic rings. The number of thioether (sulfide) groups is 2. The van der Waals surface area contributed by atoms with E-state index in [1.54, 1.807) is 0 Å². The maximum atomic E-state index is 2.32. The smallest absolute Gasteiger partial charge is 0.0392 e. The first-order valence-corrected chi connectivity index (χ1v) is 6.27. The molecule has 0 aromatic heterocycles. The Morgan fingerprint density at radius 3 is 2.40 bits per heavy atom. The van der Waals surface area contributed by atoms with Gasteiger partial charge >= 0.3 is 0 Å². The third-order valence-electron chi connectivity index (χ3n) is 1.47. The zero-order valence-corrected chi connectivity index (χ0v) is 8.86. The quantitative estimate of drug-likeness (QED) is 0.451. The third kappa shape index (κ3) is 6.81. The van der Waals surface area contributed by atoms with Gasteiger partial charge in [-0.25, -0.2) is 0 Å². The van der Waals surface area contributed by atoms with E-state index in [-0.39, 0.29) is 0 Å². The summed E-state index contributed by atoms with van der Waals surface area (Å²) in [5, 5.41) is 1.28. The lowest BCUT2D eigenvalue weighted by Crippen LogP contribution is -1.95. The highest BCUT2D eigenvalue weighted by atomic mass is 32.2. The van der Waals surface area contributed by atoms with Crippen molar-refractivity contribution >= 4 is 23.5 Å². The van der Waals surface area contributed by atoms with Crippen LogP contribution in [0.5, 0.6) is 0 Å². The van der Waals surface area contributed by atoms with Crippen LogP contribution in [0.2, 0.25) is 0 Å². The van der Waals surface area contributed by atoms with Crippen molar-refractivity contribution in [3.05, 3.63) is 0 Å². The van der Waals surface area contributed by atoms with E-state index in [2.05, 4.69) is 32.5 Å². The summed E-state index contributed by atoms with van der Waals surface area (Å²) in [7, 11) is 0. The molecule has 0 amide bonds. The Morgan fingerprint density at radius 2 is 1.90 bits per heavy atom. The van der Waals surface area contributed by atoms with Crippen LogP contribution in [0.15, 0.2) is 0 Å². The van der Waals surface area contributed by atoms with Gasteiger partial charge in [0.15, 0.2) is 0 Å². The van der Waals surface area contributed by atoms with Crippen molar-refractivity contribution in [1.29, 1.82) is 0 Å². The monoisotopic (exact) mass is 178 g/mol. The summed E-state index contributed by atoms with van der Waals surface area (Å²) in [5.41, 5.74) is 0. The van der Waals surface area contributed by atoms with Crippen molar-refractivity contribution in [1.82, 2.24) is 0 Å². The molecule has 0 N–H and O–H groups in total. The average molecular weight is 178 g/mol. The first-order valence-electron chi connectivity index (χ1n) is 3.96. The molecule has 2 heteroatoms. The second-order valence-electron chi connectivity index (χ2n) is 2.49. The van der Waals surface area contributed by atoms with Crippen LogP contribution in [-0.4, -0.2) is 16.6 Å². The van der Waals surface area contributed by atoms with E-state index in [0.717, 1.165) is 5.92 Å². The van der Waals surface area contributed by atoms with Gasteiger partial charge in [-0.05, 0) is 17.4 Å². The molecule has 10 heavy (non-hydrogen) atoms. The molecule has 0 heterocycles. The van der Waals surface area contributed by atoms with Crippen molar-refractivity contribution < 1.29 is 0 Å². The fraction of sp³-hybridized carbons (Fsp3) is 1.00. The van der Waals surface area contributed by atoms with Gasteiger partial charge in [0.25, 0.3) is 0 Å². The predicted molar refractivity (Wildman–Crippen MR) is 54.9 cm³/mol. The maximum absolute atomic E-state index is 2.32. The first kappa shape index (κ1) is 10.7. The highest BCUT2D eigenvalue weighted by Gasteiger charge is 1.96. The minimum atomic E-state index is 0.905. The minimum Gasteiger partial charge on any atom is -0.151 e. The Hall–Kier alpha value is 0.700. The SMILES string of the molecule is CCSCSCC(C)CC.